The number of piperazine rings is 1. The maximum atomic E-state index is 15.2. The third-order valence-corrected chi connectivity index (χ3v) is 8.79. The van der Waals surface area contributed by atoms with Crippen molar-refractivity contribution in [2.24, 2.45) is 0 Å². The number of nitrogens with one attached hydrogen (secondary N) is 1. The highest BCUT2D eigenvalue weighted by Gasteiger charge is 2.26. The molecule has 11 nitrogen and oxygen atoms in total. The normalized spacial score (nSPS) is 14.4. The highest BCUT2D eigenvalue weighted by molar-refractivity contribution is 7.92. The topological polar surface area (TPSA) is 113 Å². The first-order valence-corrected chi connectivity index (χ1v) is 15.6. The molecule has 1 aromatic heterocycles. The van der Waals surface area contributed by atoms with Gasteiger partial charge in [-0.05, 0) is 43.8 Å². The monoisotopic (exact) mass is 624 g/mol. The van der Waals surface area contributed by atoms with Crippen molar-refractivity contribution in [1.29, 1.82) is 0 Å². The van der Waals surface area contributed by atoms with Gasteiger partial charge in [0.15, 0.2) is 35.0 Å². The summed E-state index contributed by atoms with van der Waals surface area (Å²) in [5.41, 5.74) is 0.498. The van der Waals surface area contributed by atoms with E-state index in [-0.39, 0.29) is 22.0 Å². The molecular formula is C31H35FN5O6S+. The Hall–Kier alpha value is -4.33. The molecule has 2 heterocycles. The quantitative estimate of drug-likeness (QED) is 0.171. The number of hydrogen-bond acceptors (Lipinski definition) is 9. The van der Waals surface area contributed by atoms with Gasteiger partial charge in [-0.15, -0.1) is 0 Å². The number of halogens is 1. The fourth-order valence-corrected chi connectivity index (χ4v) is 6.23. The molecule has 0 radical (unpaired) electrons. The Kier molecular flexibility index (Phi) is 9.57. The Labute approximate surface area is 255 Å². The molecule has 44 heavy (non-hydrogen) atoms. The van der Waals surface area contributed by atoms with Crippen molar-refractivity contribution in [3.8, 4) is 23.0 Å². The van der Waals surface area contributed by atoms with Crippen LogP contribution in [0.1, 0.15) is 6.42 Å². The minimum atomic E-state index is -4.17. The summed E-state index contributed by atoms with van der Waals surface area (Å²) in [5.74, 6) is 0.453. The summed E-state index contributed by atoms with van der Waals surface area (Å²) in [6, 6.07) is 14.5. The van der Waals surface area contributed by atoms with Crippen LogP contribution in [0, 0.1) is 10.7 Å². The summed E-state index contributed by atoms with van der Waals surface area (Å²) in [6.07, 6.45) is 2.42. The largest absolute Gasteiger partial charge is 0.493 e. The number of pyridine rings is 1. The van der Waals surface area contributed by atoms with Gasteiger partial charge in [0, 0.05) is 72.2 Å². The molecule has 0 saturated carbocycles. The molecule has 4 aromatic rings. The number of benzene rings is 3. The third-order valence-electron chi connectivity index (χ3n) is 7.36. The van der Waals surface area contributed by atoms with Gasteiger partial charge in [0.2, 0.25) is 0 Å². The zero-order valence-corrected chi connectivity index (χ0v) is 25.6. The van der Waals surface area contributed by atoms with E-state index in [1.807, 2.05) is 0 Å². The van der Waals surface area contributed by atoms with Gasteiger partial charge < -0.3 is 24.0 Å². The molecule has 1 N–H and O–H groups in total. The average molecular weight is 625 g/mol. The highest BCUT2D eigenvalue weighted by Crippen LogP contribution is 2.38. The number of methoxy groups -OCH3 is 1. The summed E-state index contributed by atoms with van der Waals surface area (Å²) in [4.78, 5) is 20.8. The van der Waals surface area contributed by atoms with Gasteiger partial charge in [-0.3, -0.25) is 9.71 Å². The van der Waals surface area contributed by atoms with Crippen LogP contribution < -0.4 is 18.9 Å². The first-order valence-electron chi connectivity index (χ1n) is 14.1. The third kappa shape index (κ3) is 7.24. The molecule has 0 bridgehead atoms. The Bertz CT molecular complexity index is 1760. The molecule has 232 valence electrons. The van der Waals surface area contributed by atoms with Gasteiger partial charge in [0.25, 0.3) is 15.7 Å². The minimum Gasteiger partial charge on any atom is -0.493 e. The zero-order valence-electron chi connectivity index (χ0n) is 24.8. The van der Waals surface area contributed by atoms with Gasteiger partial charge in [-0.1, -0.05) is 12.1 Å². The standard InChI is InChI=1S/C31H35FN5O6S/c1-35-14-16-37(17-15-35)13-6-18-42-30-21-25-23(20-29(30)41-3)27(11-12-33-25)43-28-10-9-22(19-24(28)32)34-44(39,40)31-8-5-4-7-26(31)36(2)38/h4-5,7-12,19-21,34H,6,13-18H2,1-3H3/q+1. The maximum Gasteiger partial charge on any atom is 0.276 e. The maximum absolute atomic E-state index is 15.2. The minimum absolute atomic E-state index is 0.0334. The van der Waals surface area contributed by atoms with Crippen molar-refractivity contribution in [2.75, 3.05) is 65.3 Å². The summed E-state index contributed by atoms with van der Waals surface area (Å²) in [7, 11) is 0.704. The van der Waals surface area contributed by atoms with Crippen molar-refractivity contribution in [3.05, 3.63) is 77.6 Å². The summed E-state index contributed by atoms with van der Waals surface area (Å²) >= 11 is 0. The van der Waals surface area contributed by atoms with E-state index in [0.29, 0.717) is 39.5 Å². The lowest BCUT2D eigenvalue weighted by molar-refractivity contribution is -0.431. The summed E-state index contributed by atoms with van der Waals surface area (Å²) in [5, 5.41) is 0.580. The van der Waals surface area contributed by atoms with E-state index in [2.05, 4.69) is 26.6 Å². The molecule has 1 aliphatic heterocycles. The Morgan fingerprint density at radius 3 is 2.48 bits per heavy atom. The van der Waals surface area contributed by atoms with Crippen LogP contribution in [-0.2, 0) is 10.0 Å². The van der Waals surface area contributed by atoms with Gasteiger partial charge in [0.05, 0.1) is 24.9 Å². The van der Waals surface area contributed by atoms with E-state index in [4.69, 9.17) is 14.2 Å². The van der Waals surface area contributed by atoms with Crippen LogP contribution in [-0.4, -0.2) is 88.5 Å². The molecule has 0 amide bonds. The van der Waals surface area contributed by atoms with Crippen molar-refractivity contribution >= 4 is 32.3 Å². The van der Waals surface area contributed by atoms with Crippen molar-refractivity contribution in [2.45, 2.75) is 11.3 Å². The number of rotatable bonds is 12. The van der Waals surface area contributed by atoms with E-state index >= 15 is 4.39 Å². The molecule has 1 fully saturated rings. The first-order chi connectivity index (χ1) is 21.1. The Balaban J connectivity index is 1.29. The Morgan fingerprint density at radius 2 is 1.75 bits per heavy atom. The van der Waals surface area contributed by atoms with E-state index < -0.39 is 15.8 Å². The van der Waals surface area contributed by atoms with Crippen molar-refractivity contribution in [3.63, 3.8) is 0 Å². The number of nitrogens with zero attached hydrogens (tertiary/aromatic N) is 4. The molecule has 0 spiro atoms. The van der Waals surface area contributed by atoms with Gasteiger partial charge >= 0.3 is 0 Å². The molecule has 5 rings (SSSR count). The number of ether oxygens (including phenoxy) is 3. The van der Waals surface area contributed by atoms with Crippen LogP contribution in [0.5, 0.6) is 23.0 Å². The second-order valence-electron chi connectivity index (χ2n) is 10.5. The fourth-order valence-electron chi connectivity index (χ4n) is 4.95. The number of sulfonamides is 1. The number of para-hydroxylation sites is 1. The molecular weight excluding hydrogens is 589 g/mol. The summed E-state index contributed by atoms with van der Waals surface area (Å²) in [6.45, 7) is 5.71. The lowest BCUT2D eigenvalue weighted by Gasteiger charge is -2.32. The van der Waals surface area contributed by atoms with E-state index in [9.17, 15) is 13.3 Å². The first kappa shape index (κ1) is 31.1. The average Bonchev–Trinajstić information content (AvgIpc) is 3.01. The van der Waals surface area contributed by atoms with Gasteiger partial charge in [-0.2, -0.15) is 0 Å². The van der Waals surface area contributed by atoms with Crippen molar-refractivity contribution < 1.29 is 31.8 Å². The van der Waals surface area contributed by atoms with Crippen LogP contribution in [0.2, 0.25) is 0 Å². The van der Waals surface area contributed by atoms with Gasteiger partial charge in [-0.25, -0.2) is 12.8 Å². The predicted molar refractivity (Wildman–Crippen MR) is 165 cm³/mol. The van der Waals surface area contributed by atoms with Crippen LogP contribution in [0.4, 0.5) is 15.8 Å². The predicted octanol–water partition coefficient (Wildman–Crippen LogP) is 5.03. The summed E-state index contributed by atoms with van der Waals surface area (Å²) < 4.78 is 61.4. The van der Waals surface area contributed by atoms with Crippen LogP contribution in [0.25, 0.3) is 10.9 Å². The highest BCUT2D eigenvalue weighted by atomic mass is 32.2. The molecule has 13 heteroatoms. The number of hydrogen-bond donors (Lipinski definition) is 1. The smallest absolute Gasteiger partial charge is 0.276 e. The van der Waals surface area contributed by atoms with E-state index in [0.717, 1.165) is 45.2 Å². The number of likely N-dealkylation sites (N-methyl/N-ethyl adjacent to an activating group) is 1. The molecule has 0 aliphatic carbocycles. The van der Waals surface area contributed by atoms with Gasteiger partial charge in [0.1, 0.15) is 5.75 Å². The fraction of sp³-hybridized carbons (Fsp3) is 0.323. The molecule has 3 aromatic carbocycles. The lowest BCUT2D eigenvalue weighted by Crippen LogP contribution is -2.44. The lowest BCUT2D eigenvalue weighted by atomic mass is 10.1. The van der Waals surface area contributed by atoms with E-state index in [1.165, 1.54) is 37.4 Å². The molecule has 1 saturated heterocycles. The number of anilines is 1. The van der Waals surface area contributed by atoms with Crippen molar-refractivity contribution in [1.82, 2.24) is 14.8 Å². The SMILES string of the molecule is COc1cc2c(Oc3ccc(NS(=O)(=O)c4ccccc4[N+](C)=O)cc3F)ccnc2cc1OCCCN1CCN(C)CC1. The zero-order chi connectivity index (χ0) is 31.3. The number of fused-ring (bicyclic) bond motifs is 1. The van der Waals surface area contributed by atoms with E-state index in [1.54, 1.807) is 37.6 Å². The molecule has 0 atom stereocenters. The number of nitroso groups, excluding NO2 is 1. The second-order valence-corrected chi connectivity index (χ2v) is 12.1. The van der Waals surface area contributed by atoms with Crippen LogP contribution >= 0.6 is 0 Å². The van der Waals surface area contributed by atoms with Crippen LogP contribution in [0.15, 0.2) is 71.8 Å². The molecule has 0 unspecified atom stereocenters. The second kappa shape index (κ2) is 13.5. The Morgan fingerprint density at radius 1 is 0.977 bits per heavy atom. The molecule has 1 aliphatic rings. The number of aromatic nitrogens is 1. The van der Waals surface area contributed by atoms with Crippen LogP contribution in [0.3, 0.4) is 0 Å².